The number of aromatic nitrogens is 3. The Morgan fingerprint density at radius 2 is 1.62 bits per heavy atom. The number of primary amides is 1. The van der Waals surface area contributed by atoms with Crippen molar-refractivity contribution in [1.82, 2.24) is 14.8 Å². The summed E-state index contributed by atoms with van der Waals surface area (Å²) < 4.78 is 41.3. The zero-order chi connectivity index (χ0) is 24.5. The number of thiazole rings is 1. The Morgan fingerprint density at radius 3 is 2.21 bits per heavy atom. The van der Waals surface area contributed by atoms with Gasteiger partial charge in [-0.15, -0.1) is 0 Å². The maximum absolute atomic E-state index is 13.3. The molecular weight excluding hydrogens is 469 g/mol. The molecule has 0 unspecified atom stereocenters. The Kier molecular flexibility index (Phi) is 6.07. The largest absolute Gasteiger partial charge is 0.443 e. The number of hydrogen-bond acceptors (Lipinski definition) is 5. The van der Waals surface area contributed by atoms with Gasteiger partial charge in [0, 0.05) is 11.1 Å². The number of para-hydroxylation sites is 1. The summed E-state index contributed by atoms with van der Waals surface area (Å²) in [4.78, 5) is 28.4. The highest BCUT2D eigenvalue weighted by molar-refractivity contribution is 7.16. The van der Waals surface area contributed by atoms with E-state index >= 15 is 0 Å². The van der Waals surface area contributed by atoms with E-state index in [0.717, 1.165) is 0 Å². The van der Waals surface area contributed by atoms with Crippen molar-refractivity contribution in [3.63, 3.8) is 0 Å². The highest BCUT2D eigenvalue weighted by Gasteiger charge is 2.36. The van der Waals surface area contributed by atoms with Gasteiger partial charge < -0.3 is 5.73 Å². The number of alkyl halides is 3. The first-order valence-corrected chi connectivity index (χ1v) is 10.6. The molecule has 0 aliphatic carbocycles. The van der Waals surface area contributed by atoms with Crippen LogP contribution < -0.4 is 16.4 Å². The quantitative estimate of drug-likeness (QED) is 0.365. The first-order valence-electron chi connectivity index (χ1n) is 9.81. The maximum atomic E-state index is 13.3. The van der Waals surface area contributed by atoms with E-state index in [9.17, 15) is 22.8 Å². The van der Waals surface area contributed by atoms with E-state index in [1.54, 1.807) is 67.6 Å². The van der Waals surface area contributed by atoms with Gasteiger partial charge in [0.05, 0.1) is 5.69 Å². The molecule has 0 bridgehead atoms. The molecule has 2 aromatic heterocycles. The van der Waals surface area contributed by atoms with Crippen LogP contribution in [0.4, 0.5) is 28.8 Å². The van der Waals surface area contributed by atoms with Gasteiger partial charge >= 0.3 is 12.2 Å². The molecule has 0 aliphatic heterocycles. The van der Waals surface area contributed by atoms with E-state index in [-0.39, 0.29) is 22.2 Å². The van der Waals surface area contributed by atoms with E-state index < -0.39 is 23.1 Å². The molecule has 4 rings (SSSR count). The Bertz CT molecular complexity index is 1350. The number of hydrogen-bond donors (Lipinski definition) is 3. The first-order chi connectivity index (χ1) is 16.1. The summed E-state index contributed by atoms with van der Waals surface area (Å²) in [7, 11) is 0. The number of amides is 3. The van der Waals surface area contributed by atoms with Crippen molar-refractivity contribution >= 4 is 34.1 Å². The van der Waals surface area contributed by atoms with Crippen molar-refractivity contribution in [1.29, 1.82) is 0 Å². The van der Waals surface area contributed by atoms with Crippen molar-refractivity contribution in [3.05, 3.63) is 76.9 Å². The number of anilines is 2. The molecule has 3 amide bonds. The van der Waals surface area contributed by atoms with Crippen molar-refractivity contribution in [2.75, 3.05) is 10.6 Å². The van der Waals surface area contributed by atoms with E-state index in [4.69, 9.17) is 5.73 Å². The van der Waals surface area contributed by atoms with Crippen molar-refractivity contribution in [2.45, 2.75) is 13.1 Å². The number of carbonyl (C=O) groups excluding carboxylic acids is 2. The monoisotopic (exact) mass is 486 g/mol. The van der Waals surface area contributed by atoms with Crippen LogP contribution in [0, 0.1) is 6.92 Å². The van der Waals surface area contributed by atoms with Crippen LogP contribution in [0.3, 0.4) is 0 Å². The van der Waals surface area contributed by atoms with Crippen molar-refractivity contribution < 1.29 is 22.8 Å². The van der Waals surface area contributed by atoms with Gasteiger partial charge in [-0.25, -0.2) is 14.5 Å². The molecule has 0 atom stereocenters. The predicted octanol–water partition coefficient (Wildman–Crippen LogP) is 5.07. The van der Waals surface area contributed by atoms with Crippen molar-refractivity contribution in [2.24, 2.45) is 5.73 Å². The molecular formula is C22H17F3N6O2S. The fraction of sp³-hybridized carbons (Fsp3) is 0.0909. The maximum Gasteiger partial charge on any atom is 0.443 e. The second-order valence-corrected chi connectivity index (χ2v) is 8.07. The highest BCUT2D eigenvalue weighted by Crippen LogP contribution is 2.40. The van der Waals surface area contributed by atoms with E-state index in [1.807, 2.05) is 0 Å². The second kappa shape index (κ2) is 8.98. The minimum Gasteiger partial charge on any atom is -0.364 e. The summed E-state index contributed by atoms with van der Waals surface area (Å²) >= 11 is 0.310. The lowest BCUT2D eigenvalue weighted by atomic mass is 10.2. The molecule has 0 saturated heterocycles. The van der Waals surface area contributed by atoms with Crippen LogP contribution in [-0.4, -0.2) is 26.7 Å². The minimum atomic E-state index is -4.68. The number of nitrogens with one attached hydrogen (secondary N) is 2. The molecule has 2 aromatic carbocycles. The van der Waals surface area contributed by atoms with Crippen molar-refractivity contribution in [3.8, 4) is 16.9 Å². The summed E-state index contributed by atoms with van der Waals surface area (Å²) in [5.41, 5.74) is 6.58. The third-order valence-corrected chi connectivity index (χ3v) is 5.75. The smallest absolute Gasteiger partial charge is 0.364 e. The van der Waals surface area contributed by atoms with Crippen LogP contribution in [0.1, 0.15) is 21.1 Å². The minimum absolute atomic E-state index is 0.0146. The fourth-order valence-corrected chi connectivity index (χ4v) is 4.04. The summed E-state index contributed by atoms with van der Waals surface area (Å²) in [5.74, 6) is -0.654. The summed E-state index contributed by atoms with van der Waals surface area (Å²) in [6, 6.07) is 16.0. The van der Waals surface area contributed by atoms with Gasteiger partial charge in [0.25, 0.3) is 5.91 Å². The Balaban J connectivity index is 1.69. The van der Waals surface area contributed by atoms with Crippen LogP contribution in [-0.2, 0) is 6.18 Å². The number of nitrogens with zero attached hydrogens (tertiary/aromatic N) is 3. The molecule has 0 radical (unpaired) electrons. The molecule has 0 fully saturated rings. The van der Waals surface area contributed by atoms with E-state index in [2.05, 4.69) is 20.7 Å². The van der Waals surface area contributed by atoms with Gasteiger partial charge in [0.1, 0.15) is 16.5 Å². The van der Waals surface area contributed by atoms with Gasteiger partial charge in [0.15, 0.2) is 5.69 Å². The van der Waals surface area contributed by atoms with Gasteiger partial charge in [-0.3, -0.25) is 15.4 Å². The van der Waals surface area contributed by atoms with Gasteiger partial charge in [0.2, 0.25) is 5.01 Å². The molecule has 174 valence electrons. The third-order valence-electron chi connectivity index (χ3n) is 4.73. The predicted molar refractivity (Wildman–Crippen MR) is 122 cm³/mol. The van der Waals surface area contributed by atoms with Crippen LogP contribution in [0.5, 0.6) is 0 Å². The molecule has 12 heteroatoms. The van der Waals surface area contributed by atoms with Crippen LogP contribution in [0.25, 0.3) is 16.9 Å². The number of nitrogens with two attached hydrogens (primary N) is 1. The molecule has 34 heavy (non-hydrogen) atoms. The molecule has 0 spiro atoms. The third kappa shape index (κ3) is 4.62. The normalized spacial score (nSPS) is 11.3. The highest BCUT2D eigenvalue weighted by atomic mass is 32.1. The lowest BCUT2D eigenvalue weighted by molar-refractivity contribution is -0.137. The zero-order valence-corrected chi connectivity index (χ0v) is 18.4. The van der Waals surface area contributed by atoms with Gasteiger partial charge in [-0.05, 0) is 19.1 Å². The summed E-state index contributed by atoms with van der Waals surface area (Å²) in [5, 5.41) is 8.01. The van der Waals surface area contributed by atoms with Gasteiger partial charge in [-0.2, -0.15) is 18.3 Å². The molecule has 0 aliphatic rings. The topological polar surface area (TPSA) is 115 Å². The van der Waals surface area contributed by atoms with Crippen LogP contribution >= 0.6 is 11.3 Å². The lowest BCUT2D eigenvalue weighted by Gasteiger charge is -2.11. The fourth-order valence-electron chi connectivity index (χ4n) is 3.19. The average molecular weight is 486 g/mol. The number of urea groups is 1. The Labute approximate surface area is 195 Å². The molecule has 0 saturated carbocycles. The Hall–Kier alpha value is -4.19. The molecule has 8 nitrogen and oxygen atoms in total. The van der Waals surface area contributed by atoms with E-state index in [0.29, 0.717) is 28.2 Å². The molecule has 4 aromatic rings. The zero-order valence-electron chi connectivity index (χ0n) is 17.6. The SMILES string of the molecule is Cc1c(C(N)=O)nn(-c2ccccc2)c1NC(=O)Nc1sc(C(F)(F)F)nc1-c1ccccc1. The average Bonchev–Trinajstić information content (AvgIpc) is 3.37. The summed E-state index contributed by atoms with van der Waals surface area (Å²) in [6.45, 7) is 1.55. The summed E-state index contributed by atoms with van der Waals surface area (Å²) in [6.07, 6.45) is -4.68. The van der Waals surface area contributed by atoms with Crippen LogP contribution in [0.15, 0.2) is 60.7 Å². The number of halogens is 3. The Morgan fingerprint density at radius 1 is 1.00 bits per heavy atom. The van der Waals surface area contributed by atoms with E-state index in [1.165, 1.54) is 4.68 Å². The standard InChI is InChI=1S/C22H17F3N6O2S/c1-12-15(17(26)32)30-31(14-10-6-3-7-11-14)18(12)28-21(33)29-19-16(13-8-4-2-5-9-13)27-20(34-19)22(23,24)25/h2-11H,1H3,(H2,26,32)(H2,28,29,33). The molecule has 2 heterocycles. The lowest BCUT2D eigenvalue weighted by Crippen LogP contribution is -2.21. The second-order valence-electron chi connectivity index (χ2n) is 7.07. The number of rotatable bonds is 5. The van der Waals surface area contributed by atoms with Gasteiger partial charge in [-0.1, -0.05) is 59.9 Å². The molecule has 4 N–H and O–H groups in total. The first kappa shape index (κ1) is 23.0. The van der Waals surface area contributed by atoms with Crippen LogP contribution in [0.2, 0.25) is 0 Å². The number of carbonyl (C=O) groups is 2. The number of benzene rings is 2.